The third kappa shape index (κ3) is 5.15. The van der Waals surface area contributed by atoms with Crippen molar-refractivity contribution in [2.24, 2.45) is 0 Å². The topological polar surface area (TPSA) is 105 Å². The van der Waals surface area contributed by atoms with Gasteiger partial charge in [-0.3, -0.25) is 24.6 Å². The van der Waals surface area contributed by atoms with E-state index in [0.717, 1.165) is 33.8 Å². The van der Waals surface area contributed by atoms with Crippen LogP contribution in [-0.2, 0) is 20.8 Å². The van der Waals surface area contributed by atoms with Crippen LogP contribution < -0.4 is 9.80 Å². The Balaban J connectivity index is 1.37. The van der Waals surface area contributed by atoms with Crippen LogP contribution in [0.5, 0.6) is 0 Å². The Bertz CT molecular complexity index is 1510. The molecule has 0 aromatic heterocycles. The summed E-state index contributed by atoms with van der Waals surface area (Å²) >= 11 is 0.862. The molecular weight excluding hydrogens is 532 g/mol. The number of nitrogens with zero attached hydrogens (tertiary/aromatic N) is 4. The van der Waals surface area contributed by atoms with Gasteiger partial charge in [0.15, 0.2) is 0 Å². The number of morpholine rings is 2. The second kappa shape index (κ2) is 11.3. The predicted octanol–water partition coefficient (Wildman–Crippen LogP) is 4.66. The summed E-state index contributed by atoms with van der Waals surface area (Å²) in [5.41, 5.74) is 2.66. The second-order valence-corrected chi connectivity index (χ2v) is 10.8. The predicted molar refractivity (Wildman–Crippen MR) is 155 cm³/mol. The molecule has 0 aliphatic carbocycles. The van der Waals surface area contributed by atoms with Crippen molar-refractivity contribution in [1.82, 2.24) is 4.90 Å². The van der Waals surface area contributed by atoms with E-state index in [1.54, 1.807) is 6.08 Å². The zero-order valence-corrected chi connectivity index (χ0v) is 22.6. The van der Waals surface area contributed by atoms with Crippen molar-refractivity contribution in [2.75, 3.05) is 62.4 Å². The molecule has 3 saturated heterocycles. The summed E-state index contributed by atoms with van der Waals surface area (Å²) < 4.78 is 11.0. The smallest absolute Gasteiger partial charge is 0.293 e. The van der Waals surface area contributed by atoms with Crippen molar-refractivity contribution in [2.45, 2.75) is 6.54 Å². The number of fused-ring (bicyclic) bond motifs is 1. The molecule has 10 nitrogen and oxygen atoms in total. The van der Waals surface area contributed by atoms with Crippen LogP contribution in [0.25, 0.3) is 16.8 Å². The molecule has 0 atom stereocenters. The molecule has 206 valence electrons. The van der Waals surface area contributed by atoms with Crippen LogP contribution in [0.1, 0.15) is 11.1 Å². The van der Waals surface area contributed by atoms with E-state index in [-0.39, 0.29) is 22.4 Å². The summed E-state index contributed by atoms with van der Waals surface area (Å²) in [5, 5.41) is 13.8. The SMILES string of the molecule is O=C1S/C(=C\c2cc([N+](=O)[O-])c(N3CCOCC3)cc2N2CCOCC2)C(=O)N1Cc1cccc2ccccc12. The van der Waals surface area contributed by atoms with Crippen LogP contribution in [0.15, 0.2) is 59.5 Å². The first kappa shape index (κ1) is 26.3. The molecule has 0 N–H and O–H groups in total. The van der Waals surface area contributed by atoms with E-state index in [9.17, 15) is 19.7 Å². The van der Waals surface area contributed by atoms with Gasteiger partial charge in [0, 0.05) is 43.5 Å². The summed E-state index contributed by atoms with van der Waals surface area (Å²) in [6.45, 7) is 4.54. The molecule has 0 radical (unpaired) electrons. The monoisotopic (exact) mass is 560 g/mol. The van der Waals surface area contributed by atoms with Gasteiger partial charge in [0.1, 0.15) is 5.69 Å². The minimum Gasteiger partial charge on any atom is -0.378 e. The molecule has 6 rings (SSSR count). The molecule has 3 aliphatic heterocycles. The summed E-state index contributed by atoms with van der Waals surface area (Å²) in [7, 11) is 0. The van der Waals surface area contributed by atoms with Crippen LogP contribution >= 0.6 is 11.8 Å². The van der Waals surface area contributed by atoms with Crippen molar-refractivity contribution < 1.29 is 24.0 Å². The van der Waals surface area contributed by atoms with Crippen molar-refractivity contribution in [3.8, 4) is 0 Å². The lowest BCUT2D eigenvalue weighted by atomic mass is 10.0. The van der Waals surface area contributed by atoms with E-state index in [0.29, 0.717) is 63.9 Å². The highest BCUT2D eigenvalue weighted by Crippen LogP contribution is 2.40. The molecule has 2 amide bonds. The normalized spacial score (nSPS) is 19.2. The summed E-state index contributed by atoms with van der Waals surface area (Å²) in [6.07, 6.45) is 1.62. The van der Waals surface area contributed by atoms with Gasteiger partial charge in [-0.1, -0.05) is 42.5 Å². The first-order chi connectivity index (χ1) is 19.5. The standard InChI is InChI=1S/C29H28N4O6S/c34-28-27(40-29(35)32(28)19-21-6-3-5-20-4-1-2-7-23(20)21)17-22-16-26(33(36)37)25(31-10-14-39-15-11-31)18-24(22)30-8-12-38-13-9-30/h1-7,16-18H,8-15,19H2/b27-17-. The van der Waals surface area contributed by atoms with Crippen molar-refractivity contribution >= 4 is 56.8 Å². The average Bonchev–Trinajstić information content (AvgIpc) is 3.25. The van der Waals surface area contributed by atoms with Crippen molar-refractivity contribution in [3.05, 3.63) is 80.7 Å². The maximum atomic E-state index is 13.5. The number of imide groups is 1. The molecule has 3 fully saturated rings. The summed E-state index contributed by atoms with van der Waals surface area (Å²) in [4.78, 5) is 43.9. The highest BCUT2D eigenvalue weighted by Gasteiger charge is 2.36. The molecule has 3 aromatic rings. The Morgan fingerprint density at radius 2 is 1.52 bits per heavy atom. The van der Waals surface area contributed by atoms with Gasteiger partial charge in [-0.2, -0.15) is 0 Å². The van der Waals surface area contributed by atoms with Gasteiger partial charge in [0.25, 0.3) is 16.8 Å². The number of ether oxygens (including phenoxy) is 2. The lowest BCUT2D eigenvalue weighted by molar-refractivity contribution is -0.384. The highest BCUT2D eigenvalue weighted by molar-refractivity contribution is 8.18. The van der Waals surface area contributed by atoms with Crippen molar-refractivity contribution in [1.29, 1.82) is 0 Å². The van der Waals surface area contributed by atoms with E-state index < -0.39 is 10.8 Å². The first-order valence-corrected chi connectivity index (χ1v) is 14.0. The number of benzene rings is 3. The van der Waals surface area contributed by atoms with E-state index >= 15 is 0 Å². The average molecular weight is 561 g/mol. The molecule has 3 aromatic carbocycles. The van der Waals surface area contributed by atoms with Crippen molar-refractivity contribution in [3.63, 3.8) is 0 Å². The number of hydrogen-bond donors (Lipinski definition) is 0. The Labute approximate surface area is 235 Å². The molecule has 0 saturated carbocycles. The number of nitro groups is 1. The van der Waals surface area contributed by atoms with E-state index in [4.69, 9.17) is 9.47 Å². The molecule has 0 unspecified atom stereocenters. The van der Waals surface area contributed by atoms with Gasteiger partial charge in [-0.15, -0.1) is 0 Å². The van der Waals surface area contributed by atoms with Gasteiger partial charge in [0.05, 0.1) is 42.8 Å². The van der Waals surface area contributed by atoms with Crippen LogP contribution in [0, 0.1) is 10.1 Å². The lowest BCUT2D eigenvalue weighted by Crippen LogP contribution is -2.38. The summed E-state index contributed by atoms with van der Waals surface area (Å²) in [6, 6.07) is 17.0. The van der Waals surface area contributed by atoms with Gasteiger partial charge in [0.2, 0.25) is 0 Å². The molecule has 3 heterocycles. The fourth-order valence-electron chi connectivity index (χ4n) is 5.36. The third-order valence-corrected chi connectivity index (χ3v) is 8.30. The van der Waals surface area contributed by atoms with Crippen LogP contribution in [0.4, 0.5) is 21.9 Å². The van der Waals surface area contributed by atoms with Gasteiger partial charge in [-0.25, -0.2) is 0 Å². The Morgan fingerprint density at radius 1 is 0.875 bits per heavy atom. The molecule has 3 aliphatic rings. The Morgan fingerprint density at radius 3 is 2.23 bits per heavy atom. The number of amides is 2. The van der Waals surface area contributed by atoms with Gasteiger partial charge in [-0.05, 0) is 40.2 Å². The molecular formula is C29H28N4O6S. The van der Waals surface area contributed by atoms with Gasteiger partial charge < -0.3 is 19.3 Å². The van der Waals surface area contributed by atoms with E-state index in [1.807, 2.05) is 53.4 Å². The maximum Gasteiger partial charge on any atom is 0.293 e. The second-order valence-electron chi connectivity index (χ2n) is 9.76. The molecule has 40 heavy (non-hydrogen) atoms. The fourth-order valence-corrected chi connectivity index (χ4v) is 6.19. The Kier molecular flexibility index (Phi) is 7.42. The number of carbonyl (C=O) groups is 2. The minimum absolute atomic E-state index is 0.0415. The van der Waals surface area contributed by atoms with Crippen LogP contribution in [0.3, 0.4) is 0 Å². The van der Waals surface area contributed by atoms with Gasteiger partial charge >= 0.3 is 0 Å². The Hall–Kier alpha value is -3.93. The molecule has 0 spiro atoms. The number of nitro benzene ring substituents is 1. The van der Waals surface area contributed by atoms with Crippen LogP contribution in [-0.4, -0.2) is 73.6 Å². The van der Waals surface area contributed by atoms with E-state index in [1.165, 1.54) is 11.0 Å². The minimum atomic E-state index is -0.407. The zero-order chi connectivity index (χ0) is 27.6. The maximum absolute atomic E-state index is 13.5. The lowest BCUT2D eigenvalue weighted by Gasteiger charge is -2.33. The zero-order valence-electron chi connectivity index (χ0n) is 21.8. The van der Waals surface area contributed by atoms with E-state index in [2.05, 4.69) is 4.90 Å². The number of rotatable bonds is 6. The highest BCUT2D eigenvalue weighted by atomic mass is 32.2. The largest absolute Gasteiger partial charge is 0.378 e. The number of hydrogen-bond acceptors (Lipinski definition) is 9. The summed E-state index contributed by atoms with van der Waals surface area (Å²) in [5.74, 6) is -0.407. The van der Waals surface area contributed by atoms with Crippen LogP contribution in [0.2, 0.25) is 0 Å². The number of carbonyl (C=O) groups excluding carboxylic acids is 2. The number of anilines is 2. The molecule has 11 heteroatoms. The first-order valence-electron chi connectivity index (χ1n) is 13.2. The third-order valence-electron chi connectivity index (χ3n) is 7.39. The quantitative estimate of drug-likeness (QED) is 0.242. The fraction of sp³-hybridized carbons (Fsp3) is 0.310. The molecule has 0 bridgehead atoms. The number of thioether (sulfide) groups is 1.